The van der Waals surface area contributed by atoms with Gasteiger partial charge >= 0.3 is 5.97 Å². The lowest BCUT2D eigenvalue weighted by Gasteiger charge is -2.05. The fraction of sp³-hybridized carbons (Fsp3) is 0.182. The third-order valence-corrected chi connectivity index (χ3v) is 1.70. The number of esters is 1. The minimum Gasteiger partial charge on any atom is -0.461 e. The Balaban J connectivity index is 2.61. The Morgan fingerprint density at radius 1 is 1.43 bits per heavy atom. The van der Waals surface area contributed by atoms with Gasteiger partial charge in [0.05, 0.1) is 0 Å². The Kier molecular flexibility index (Phi) is 3.40. The second-order valence-electron chi connectivity index (χ2n) is 2.89. The highest BCUT2D eigenvalue weighted by molar-refractivity contribution is 5.70. The van der Waals surface area contributed by atoms with E-state index in [-0.39, 0.29) is 18.4 Å². The van der Waals surface area contributed by atoms with Gasteiger partial charge in [0.15, 0.2) is 0 Å². The van der Waals surface area contributed by atoms with Crippen molar-refractivity contribution < 1.29 is 13.9 Å². The van der Waals surface area contributed by atoms with E-state index < -0.39 is 0 Å². The number of hydrogen-bond donors (Lipinski definition) is 0. The number of ether oxygens (including phenoxy) is 1. The highest BCUT2D eigenvalue weighted by Gasteiger charge is 2.01. The lowest BCUT2D eigenvalue weighted by Crippen LogP contribution is -2.01. The van der Waals surface area contributed by atoms with Crippen LogP contribution in [0.2, 0.25) is 0 Å². The van der Waals surface area contributed by atoms with E-state index in [1.807, 2.05) is 0 Å². The zero-order chi connectivity index (χ0) is 10.6. The van der Waals surface area contributed by atoms with Crippen LogP contribution in [0, 0.1) is 5.82 Å². The molecule has 0 aliphatic heterocycles. The first-order chi connectivity index (χ1) is 6.59. The number of rotatable bonds is 3. The number of benzene rings is 1. The number of halogens is 1. The summed E-state index contributed by atoms with van der Waals surface area (Å²) in [5.74, 6) is -0.651. The van der Waals surface area contributed by atoms with Gasteiger partial charge in [-0.2, -0.15) is 0 Å². The molecular weight excluding hydrogens is 183 g/mol. The average molecular weight is 194 g/mol. The molecule has 1 aromatic rings. The van der Waals surface area contributed by atoms with Crippen LogP contribution in [0.5, 0.6) is 0 Å². The summed E-state index contributed by atoms with van der Waals surface area (Å²) in [6, 6.07) is 5.88. The summed E-state index contributed by atoms with van der Waals surface area (Å²) in [5, 5.41) is 0. The maximum absolute atomic E-state index is 12.5. The lowest BCUT2D eigenvalue weighted by atomic mass is 10.1. The smallest absolute Gasteiger partial charge is 0.302 e. The molecule has 0 aromatic heterocycles. The first-order valence-corrected chi connectivity index (χ1v) is 4.16. The van der Waals surface area contributed by atoms with Gasteiger partial charge in [0.2, 0.25) is 0 Å². The Hall–Kier alpha value is -1.64. The van der Waals surface area contributed by atoms with Crippen molar-refractivity contribution >= 4 is 11.5 Å². The third-order valence-electron chi connectivity index (χ3n) is 1.70. The Bertz CT molecular complexity index is 341. The maximum Gasteiger partial charge on any atom is 0.302 e. The van der Waals surface area contributed by atoms with Crippen molar-refractivity contribution in [3.63, 3.8) is 0 Å². The van der Waals surface area contributed by atoms with Crippen LogP contribution in [-0.2, 0) is 9.53 Å². The topological polar surface area (TPSA) is 26.3 Å². The van der Waals surface area contributed by atoms with Gasteiger partial charge in [-0.15, -0.1) is 0 Å². The van der Waals surface area contributed by atoms with E-state index in [0.717, 1.165) is 5.56 Å². The molecule has 74 valence electrons. The van der Waals surface area contributed by atoms with Gasteiger partial charge in [0, 0.05) is 6.92 Å². The highest BCUT2D eigenvalue weighted by Crippen LogP contribution is 2.13. The van der Waals surface area contributed by atoms with Gasteiger partial charge in [-0.25, -0.2) is 4.39 Å². The Morgan fingerprint density at radius 2 is 2.00 bits per heavy atom. The van der Waals surface area contributed by atoms with Crippen molar-refractivity contribution in [3.05, 3.63) is 42.2 Å². The Labute approximate surface area is 82.0 Å². The number of hydrogen-bond acceptors (Lipinski definition) is 2. The highest BCUT2D eigenvalue weighted by atomic mass is 19.1. The zero-order valence-electron chi connectivity index (χ0n) is 7.92. The number of carbonyl (C=O) groups excluding carboxylic acids is 1. The molecule has 0 spiro atoms. The van der Waals surface area contributed by atoms with Crippen molar-refractivity contribution in [1.29, 1.82) is 0 Å². The summed E-state index contributed by atoms with van der Waals surface area (Å²) in [5.41, 5.74) is 1.42. The molecule has 0 amide bonds. The van der Waals surface area contributed by atoms with Crippen LogP contribution in [0.4, 0.5) is 4.39 Å². The molecule has 2 nitrogen and oxygen atoms in total. The van der Waals surface area contributed by atoms with Crippen molar-refractivity contribution in [1.82, 2.24) is 0 Å². The van der Waals surface area contributed by atoms with Crippen molar-refractivity contribution in [2.24, 2.45) is 0 Å². The van der Waals surface area contributed by atoms with E-state index in [4.69, 9.17) is 4.74 Å². The monoisotopic (exact) mass is 194 g/mol. The van der Waals surface area contributed by atoms with Crippen molar-refractivity contribution in [3.8, 4) is 0 Å². The molecule has 0 atom stereocenters. The average Bonchev–Trinajstić information content (AvgIpc) is 2.15. The molecule has 0 saturated heterocycles. The van der Waals surface area contributed by atoms with Crippen LogP contribution < -0.4 is 0 Å². The molecule has 0 N–H and O–H groups in total. The quantitative estimate of drug-likeness (QED) is 0.690. The summed E-state index contributed by atoms with van der Waals surface area (Å²) < 4.78 is 17.3. The van der Waals surface area contributed by atoms with Crippen molar-refractivity contribution in [2.45, 2.75) is 6.92 Å². The summed E-state index contributed by atoms with van der Waals surface area (Å²) >= 11 is 0. The van der Waals surface area contributed by atoms with Crippen LogP contribution in [0.15, 0.2) is 30.8 Å². The fourth-order valence-electron chi connectivity index (χ4n) is 0.958. The van der Waals surface area contributed by atoms with E-state index in [0.29, 0.717) is 5.57 Å². The first kappa shape index (κ1) is 10.4. The van der Waals surface area contributed by atoms with E-state index in [1.54, 1.807) is 12.1 Å². The van der Waals surface area contributed by atoms with Crippen LogP contribution >= 0.6 is 0 Å². The van der Waals surface area contributed by atoms with E-state index in [1.165, 1.54) is 19.1 Å². The maximum atomic E-state index is 12.5. The van der Waals surface area contributed by atoms with Gasteiger partial charge in [-0.1, -0.05) is 18.7 Å². The van der Waals surface area contributed by atoms with Crippen LogP contribution in [0.25, 0.3) is 5.57 Å². The van der Waals surface area contributed by atoms with E-state index in [2.05, 4.69) is 6.58 Å². The third kappa shape index (κ3) is 3.01. The first-order valence-electron chi connectivity index (χ1n) is 4.16. The largest absolute Gasteiger partial charge is 0.461 e. The molecule has 0 heterocycles. The molecule has 0 aliphatic rings. The summed E-state index contributed by atoms with van der Waals surface area (Å²) in [7, 11) is 0. The minimum absolute atomic E-state index is 0.140. The number of carbonyl (C=O) groups is 1. The lowest BCUT2D eigenvalue weighted by molar-refractivity contribution is -0.139. The zero-order valence-corrected chi connectivity index (χ0v) is 7.92. The van der Waals surface area contributed by atoms with Gasteiger partial charge < -0.3 is 4.74 Å². The Morgan fingerprint density at radius 3 is 2.50 bits per heavy atom. The van der Waals surface area contributed by atoms with E-state index >= 15 is 0 Å². The molecule has 0 bridgehead atoms. The second-order valence-corrected chi connectivity index (χ2v) is 2.89. The van der Waals surface area contributed by atoms with Gasteiger partial charge in [-0.3, -0.25) is 4.79 Å². The van der Waals surface area contributed by atoms with Crippen LogP contribution in [-0.4, -0.2) is 12.6 Å². The minimum atomic E-state index is -0.353. The molecular formula is C11H11FO2. The van der Waals surface area contributed by atoms with E-state index in [9.17, 15) is 9.18 Å². The molecule has 0 saturated carbocycles. The fourth-order valence-corrected chi connectivity index (χ4v) is 0.958. The van der Waals surface area contributed by atoms with Gasteiger partial charge in [0.25, 0.3) is 0 Å². The van der Waals surface area contributed by atoms with Crippen LogP contribution in [0.3, 0.4) is 0 Å². The predicted molar refractivity (Wildman–Crippen MR) is 52.1 cm³/mol. The SMILES string of the molecule is C=C(COC(C)=O)c1ccc(F)cc1. The second kappa shape index (κ2) is 4.56. The molecule has 0 unspecified atom stereocenters. The van der Waals surface area contributed by atoms with Crippen molar-refractivity contribution in [2.75, 3.05) is 6.61 Å². The standard InChI is InChI=1S/C11H11FO2/c1-8(7-14-9(2)13)10-3-5-11(12)6-4-10/h3-6H,1,7H2,2H3. The summed E-state index contributed by atoms with van der Waals surface area (Å²) in [6.07, 6.45) is 0. The normalized spacial score (nSPS) is 9.57. The molecule has 14 heavy (non-hydrogen) atoms. The molecule has 0 fully saturated rings. The molecule has 1 rings (SSSR count). The summed E-state index contributed by atoms with van der Waals surface area (Å²) in [4.78, 5) is 10.5. The van der Waals surface area contributed by atoms with Crippen LogP contribution in [0.1, 0.15) is 12.5 Å². The summed E-state index contributed by atoms with van der Waals surface area (Å²) in [6.45, 7) is 5.20. The molecule has 3 heteroatoms. The molecule has 0 aliphatic carbocycles. The van der Waals surface area contributed by atoms with Gasteiger partial charge in [0.1, 0.15) is 12.4 Å². The molecule has 1 aromatic carbocycles. The molecule has 0 radical (unpaired) electrons. The predicted octanol–water partition coefficient (Wildman–Crippen LogP) is 2.40. The van der Waals surface area contributed by atoms with Gasteiger partial charge in [-0.05, 0) is 23.3 Å².